The number of amides is 1. The minimum Gasteiger partial charge on any atom is -0.507 e. The number of carbonyl (C=O) groups is 4. The molecule has 4 bridgehead atoms. The molecule has 4 fully saturated rings. The Kier molecular flexibility index (Phi) is 30.3. The van der Waals surface area contributed by atoms with Crippen molar-refractivity contribution in [2.75, 3.05) is 66.9 Å². The number of phenolic OH excluding ortho intramolecular Hbond substituents is 2. The summed E-state index contributed by atoms with van der Waals surface area (Å²) in [6, 6.07) is -0.808. The van der Waals surface area contributed by atoms with E-state index in [1.807, 2.05) is 51.7 Å². The minimum absolute atomic E-state index is 0.0538. The van der Waals surface area contributed by atoms with Crippen molar-refractivity contribution in [3.8, 4) is 17.2 Å². The van der Waals surface area contributed by atoms with E-state index in [0.717, 1.165) is 19.6 Å². The van der Waals surface area contributed by atoms with E-state index in [1.165, 1.54) is 41.3 Å². The van der Waals surface area contributed by atoms with E-state index in [-0.39, 0.29) is 87.0 Å². The molecule has 1 spiro atoms. The predicted octanol–water partition coefficient (Wildman–Crippen LogP) is 6.65. The Morgan fingerprint density at radius 1 is 0.796 bits per heavy atom. The topological polar surface area (TPSA) is 389 Å². The van der Waals surface area contributed by atoms with Gasteiger partial charge in [-0.25, -0.2) is 4.99 Å². The summed E-state index contributed by atoms with van der Waals surface area (Å²) < 4.78 is 61.5. The van der Waals surface area contributed by atoms with Crippen LogP contribution in [0.1, 0.15) is 186 Å². The van der Waals surface area contributed by atoms with Crippen LogP contribution in [0.15, 0.2) is 46.1 Å². The number of piperidine rings is 1. The van der Waals surface area contributed by atoms with E-state index in [4.69, 9.17) is 52.4 Å². The number of ketones is 1. The Balaban J connectivity index is 0.000000287. The van der Waals surface area contributed by atoms with Gasteiger partial charge in [-0.2, -0.15) is 0 Å². The molecule has 0 saturated carbocycles. The number of methoxy groups -OCH3 is 2. The highest BCUT2D eigenvalue weighted by molar-refractivity contribution is 6.21. The summed E-state index contributed by atoms with van der Waals surface area (Å²) >= 11 is 0. The Morgan fingerprint density at radius 2 is 1.44 bits per heavy atom. The average molecular weight is 1600 g/mol. The number of anilines is 1. The number of nitrogens with zero attached hydrogens (tertiary/aromatic N) is 5. The lowest BCUT2D eigenvalue weighted by atomic mass is 9.77. The van der Waals surface area contributed by atoms with Crippen molar-refractivity contribution in [3.05, 3.63) is 58.0 Å². The van der Waals surface area contributed by atoms with Crippen molar-refractivity contribution >= 4 is 40.1 Å². The number of allylic oxidation sites excluding steroid dienone is 2. The van der Waals surface area contributed by atoms with E-state index in [2.05, 4.69) is 29.1 Å². The van der Waals surface area contributed by atoms with Crippen molar-refractivity contribution in [1.82, 2.24) is 14.7 Å². The summed E-state index contributed by atoms with van der Waals surface area (Å²) in [5, 5.41) is 109. The van der Waals surface area contributed by atoms with Crippen molar-refractivity contribution in [2.45, 2.75) is 303 Å². The molecule has 1 amide bonds. The number of nitrogens with one attached hydrogen (secondary N) is 1. The van der Waals surface area contributed by atoms with Gasteiger partial charge in [0.1, 0.15) is 64.0 Å². The highest BCUT2D eigenvalue weighted by Crippen LogP contribution is 2.52. The number of rotatable bonds is 11. The van der Waals surface area contributed by atoms with Gasteiger partial charge in [-0.05, 0) is 121 Å². The zero-order valence-electron chi connectivity index (χ0n) is 71.3. The number of phenols is 2. The number of ether oxygens (including phenoxy) is 10. The molecule has 0 aliphatic carbocycles. The Labute approximate surface area is 667 Å². The number of benzene rings is 2. The monoisotopic (exact) mass is 1590 g/mol. The van der Waals surface area contributed by atoms with Crippen LogP contribution in [0.3, 0.4) is 0 Å². The number of carbonyl (C=O) groups excluding carboxylic acids is 4. The maximum absolute atomic E-state index is 14.7. The number of aliphatic hydroxyl groups excluding tert-OH is 5. The van der Waals surface area contributed by atoms with Gasteiger partial charge in [0.05, 0.1) is 82.7 Å². The van der Waals surface area contributed by atoms with Gasteiger partial charge in [0.15, 0.2) is 18.3 Å². The fourth-order valence-electron chi connectivity index (χ4n) is 18.0. The molecule has 7 aliphatic heterocycles. The SMILES string of the molecule is CC[C@H]1OC(=O)[C@H](C)[C@@H](OC2CC(C)(OC)C(O)C(C)O2)[C@H](C)[C@@H](OC2OC(C)CC(N(C)C)C2O)[C@](C)(O)C[C@@H](C)CN(C)[C@H](C)[C@@H](O)[C@]1(C)O.CO[C@H]1/C=C/O[C@@]2(C)Oc3c(C)c(O)c4c(O)c(c5c(c4c3C2=O)NC2(CCN(CC(C)C)CC2)N=5)=NC(=O)/C(C)=C\C=C\[C@H](C)[C@H](O)[C@@H](C)[C@@H](O)[C@@H](C)[C@H](OC(C)=O)[C@@H]1C. The summed E-state index contributed by atoms with van der Waals surface area (Å²) in [7, 11) is 8.59. The maximum Gasteiger partial charge on any atom is 0.312 e. The second kappa shape index (κ2) is 37.0. The zero-order chi connectivity index (χ0) is 84.5. The fraction of sp³-hybridized carbons (Fsp3) is 0.762. The van der Waals surface area contributed by atoms with Crippen LogP contribution in [0.25, 0.3) is 10.8 Å². The van der Waals surface area contributed by atoms with Gasteiger partial charge in [-0.3, -0.25) is 24.2 Å². The maximum atomic E-state index is 14.7. The molecule has 8 unspecified atom stereocenters. The molecule has 7 heterocycles. The van der Waals surface area contributed by atoms with E-state index < -0.39 is 179 Å². The molecule has 27 atom stereocenters. The molecular formula is C84H134N6O23. The molecule has 2 aromatic rings. The van der Waals surface area contributed by atoms with Gasteiger partial charge in [-0.15, -0.1) is 0 Å². The quantitative estimate of drug-likeness (QED) is 0.0831. The molecule has 9 rings (SSSR count). The minimum atomic E-state index is -1.95. The van der Waals surface area contributed by atoms with Gasteiger partial charge in [0, 0.05) is 132 Å². The Bertz CT molecular complexity index is 3900. The molecular weight excluding hydrogens is 1460 g/mol. The predicted molar refractivity (Wildman–Crippen MR) is 422 cm³/mol. The lowest BCUT2D eigenvalue weighted by Gasteiger charge is -2.48. The van der Waals surface area contributed by atoms with Crippen molar-refractivity contribution < 1.29 is 113 Å². The number of fused-ring (bicyclic) bond motifs is 1. The van der Waals surface area contributed by atoms with Crippen molar-refractivity contribution in [3.63, 3.8) is 0 Å². The first-order valence-corrected chi connectivity index (χ1v) is 40.4. The first-order chi connectivity index (χ1) is 52.6. The van der Waals surface area contributed by atoms with Crippen LogP contribution in [0.4, 0.5) is 5.69 Å². The van der Waals surface area contributed by atoms with Gasteiger partial charge in [-0.1, -0.05) is 80.5 Å². The van der Waals surface area contributed by atoms with Crippen LogP contribution in [-0.4, -0.2) is 272 Å². The van der Waals surface area contributed by atoms with Gasteiger partial charge in [0.25, 0.3) is 11.7 Å². The van der Waals surface area contributed by atoms with Crippen LogP contribution < -0.4 is 20.8 Å². The molecule has 0 radical (unpaired) electrons. The fourth-order valence-corrected chi connectivity index (χ4v) is 18.0. The summed E-state index contributed by atoms with van der Waals surface area (Å²) in [5.74, 6) is -9.15. The third-order valence-corrected chi connectivity index (χ3v) is 25.1. The second-order valence-corrected chi connectivity index (χ2v) is 35.1. The lowest BCUT2D eigenvalue weighted by Crippen LogP contribution is -2.60. The number of esters is 2. The van der Waals surface area contributed by atoms with Crippen molar-refractivity contribution in [2.24, 2.45) is 57.3 Å². The smallest absolute Gasteiger partial charge is 0.312 e. The van der Waals surface area contributed by atoms with Crippen LogP contribution in [0, 0.1) is 54.3 Å². The molecule has 7 aliphatic rings. The number of aliphatic hydroxyl groups is 7. The highest BCUT2D eigenvalue weighted by atomic mass is 16.7. The molecule has 2 aromatic carbocycles. The summed E-state index contributed by atoms with van der Waals surface area (Å²) in [6.45, 7) is 37.6. The summed E-state index contributed by atoms with van der Waals surface area (Å²) in [6.07, 6.45) is -3.12. The third-order valence-electron chi connectivity index (χ3n) is 25.1. The molecule has 4 saturated heterocycles. The second-order valence-electron chi connectivity index (χ2n) is 35.1. The average Bonchev–Trinajstić information content (AvgIpc) is 1.55. The molecule has 113 heavy (non-hydrogen) atoms. The number of aromatic hydroxyl groups is 2. The van der Waals surface area contributed by atoms with Gasteiger partial charge >= 0.3 is 17.7 Å². The molecule has 10 N–H and O–H groups in total. The van der Waals surface area contributed by atoms with Gasteiger partial charge in [0.2, 0.25) is 0 Å². The van der Waals surface area contributed by atoms with E-state index in [1.54, 1.807) is 107 Å². The first kappa shape index (κ1) is 92.7. The van der Waals surface area contributed by atoms with E-state index in [9.17, 15) is 65.1 Å². The Hall–Kier alpha value is -5.84. The van der Waals surface area contributed by atoms with E-state index >= 15 is 0 Å². The number of cyclic esters (lactones) is 1. The molecule has 638 valence electrons. The molecule has 29 nitrogen and oxygen atoms in total. The number of likely N-dealkylation sites (tertiary alicyclic amines) is 1. The van der Waals surface area contributed by atoms with Crippen LogP contribution in [-0.2, 0) is 57.0 Å². The van der Waals surface area contributed by atoms with E-state index in [0.29, 0.717) is 37.4 Å². The van der Waals surface area contributed by atoms with Crippen LogP contribution in [0.2, 0.25) is 0 Å². The first-order valence-electron chi connectivity index (χ1n) is 40.4. The van der Waals surface area contributed by atoms with Crippen molar-refractivity contribution in [1.29, 1.82) is 0 Å². The summed E-state index contributed by atoms with van der Waals surface area (Å²) in [5.41, 5.74) is -4.49. The zero-order valence-corrected chi connectivity index (χ0v) is 71.3. The molecule has 29 heteroatoms. The highest BCUT2D eigenvalue weighted by Gasteiger charge is 2.55. The Morgan fingerprint density at radius 3 is 2.04 bits per heavy atom. The molecule has 0 aromatic heterocycles. The van der Waals surface area contributed by atoms with Crippen LogP contribution >= 0.6 is 0 Å². The number of Topliss-reactive ketones (excluding diaryl/α,β-unsaturated/α-hetero) is 1. The lowest BCUT2D eigenvalue weighted by molar-refractivity contribution is -0.318. The normalized spacial score (nSPS) is 40.5. The summed E-state index contributed by atoms with van der Waals surface area (Å²) in [4.78, 5) is 70.9. The third kappa shape index (κ3) is 19.8. The number of likely N-dealkylation sites (N-methyl/N-ethyl adjacent to an activating group) is 2. The standard InChI is InChI=1S/C46H62N4O11.C38H72N2O12/c1-22(2)21-50-18-16-46(17-19-50)48-34-31-32-39(54)28(8)42-33(31)43(56)45(10,61-42)59-20-15-30(58-11)25(5)41(60-29(9)51)27(7)38(53)26(6)37(52)23(3)13-12-14-24(4)44(57)47-36(40(32)55)35(34)49-46;1-15-27-38(10,46)31(42)24(6)40(13)19-20(2)17-36(8,45)33(52-35-29(41)26(39(11)12)16-21(3)48-35)22(4)30(23(5)34(44)50-27)51-28-18-37(9,47-14)32(43)25(7)49-28/h12-15,20,22-23,25-27,30,37-38,41,48,52-55H,16-19,21H2,1-11H3;20-33,35,41-43,45-46H,15-19H2,1-14H3/b13-12+,20-15+,24-14-,47-36?;/t23-,25+,26+,27+,30-,37-,38+,41+,45-;20-,21?,22+,23-,24-,25?,26?,27-,28?,29?,30+,31-,32?,33-,35?,36-,37?,38-/m01/s1. The number of hydrogen-bond donors (Lipinski definition) is 10. The van der Waals surface area contributed by atoms with Crippen LogP contribution in [0.5, 0.6) is 17.2 Å². The largest absolute Gasteiger partial charge is 0.507 e. The van der Waals surface area contributed by atoms with Gasteiger partial charge < -0.3 is 113 Å². The number of hydrogen-bond acceptors (Lipinski definition) is 28.